The fourth-order valence-corrected chi connectivity index (χ4v) is 2.01. The highest BCUT2D eigenvalue weighted by Crippen LogP contribution is 2.12. The summed E-state index contributed by atoms with van der Waals surface area (Å²) in [5.74, 6) is 4.42. The molecular formula is C17H33N3O5. The number of hydrazine groups is 1. The molecule has 0 heterocycles. The Morgan fingerprint density at radius 3 is 1.96 bits per heavy atom. The minimum Gasteiger partial charge on any atom is -0.460 e. The maximum atomic E-state index is 11.8. The van der Waals surface area contributed by atoms with Gasteiger partial charge in [-0.15, -0.1) is 0 Å². The number of esters is 1. The van der Waals surface area contributed by atoms with Gasteiger partial charge >= 0.3 is 12.1 Å². The van der Waals surface area contributed by atoms with Crippen LogP contribution in [0, 0.1) is 0 Å². The first-order valence-electron chi connectivity index (χ1n) is 8.56. The monoisotopic (exact) mass is 359 g/mol. The van der Waals surface area contributed by atoms with Crippen molar-refractivity contribution in [3.63, 3.8) is 0 Å². The Balaban J connectivity index is 4.23. The van der Waals surface area contributed by atoms with Crippen molar-refractivity contribution in [3.8, 4) is 0 Å². The largest absolute Gasteiger partial charge is 0.460 e. The average Bonchev–Trinajstić information content (AvgIpc) is 2.40. The fourth-order valence-electron chi connectivity index (χ4n) is 2.01. The molecule has 0 fully saturated rings. The van der Waals surface area contributed by atoms with Crippen LogP contribution in [0.4, 0.5) is 4.79 Å². The molecule has 25 heavy (non-hydrogen) atoms. The molecule has 146 valence electrons. The molecule has 0 saturated carbocycles. The van der Waals surface area contributed by atoms with Gasteiger partial charge in [0, 0.05) is 6.42 Å². The Morgan fingerprint density at radius 2 is 1.48 bits per heavy atom. The Labute approximate surface area is 150 Å². The van der Waals surface area contributed by atoms with Gasteiger partial charge in [-0.25, -0.2) is 10.6 Å². The third kappa shape index (κ3) is 13.2. The summed E-state index contributed by atoms with van der Waals surface area (Å²) in [7, 11) is 0. The van der Waals surface area contributed by atoms with Crippen LogP contribution in [-0.4, -0.2) is 35.2 Å². The highest BCUT2D eigenvalue weighted by molar-refractivity contribution is 5.85. The zero-order valence-electron chi connectivity index (χ0n) is 16.2. The van der Waals surface area contributed by atoms with Gasteiger partial charge in [-0.1, -0.05) is 12.8 Å². The van der Waals surface area contributed by atoms with E-state index in [4.69, 9.17) is 15.3 Å². The van der Waals surface area contributed by atoms with Crippen LogP contribution in [0.1, 0.15) is 73.6 Å². The molecule has 0 aliphatic heterocycles. The van der Waals surface area contributed by atoms with Gasteiger partial charge in [-0.3, -0.25) is 15.0 Å². The molecule has 8 nitrogen and oxygen atoms in total. The maximum absolute atomic E-state index is 11.8. The lowest BCUT2D eigenvalue weighted by atomic mass is 10.1. The molecule has 1 atom stereocenters. The smallest absolute Gasteiger partial charge is 0.408 e. The molecule has 0 spiro atoms. The summed E-state index contributed by atoms with van der Waals surface area (Å²) in [5.41, 5.74) is 0.896. The molecule has 0 bridgehead atoms. The van der Waals surface area contributed by atoms with E-state index in [1.54, 1.807) is 20.8 Å². The van der Waals surface area contributed by atoms with Crippen LogP contribution in [-0.2, 0) is 19.1 Å². The van der Waals surface area contributed by atoms with Gasteiger partial charge in [0.05, 0.1) is 0 Å². The fraction of sp³-hybridized carbons (Fsp3) is 0.824. The summed E-state index contributed by atoms with van der Waals surface area (Å²) in [5, 5.41) is 2.51. The predicted octanol–water partition coefficient (Wildman–Crippen LogP) is 2.16. The number of amides is 2. The van der Waals surface area contributed by atoms with Gasteiger partial charge in [0.1, 0.15) is 17.2 Å². The lowest BCUT2D eigenvalue weighted by molar-refractivity contribution is -0.154. The number of alkyl carbamates (subject to hydrolysis) is 1. The van der Waals surface area contributed by atoms with Crippen LogP contribution < -0.4 is 16.6 Å². The minimum absolute atomic E-state index is 0.240. The zero-order chi connectivity index (χ0) is 19.7. The molecule has 0 aromatic rings. The Bertz CT molecular complexity index is 452. The molecule has 0 aliphatic rings. The molecule has 0 saturated heterocycles. The van der Waals surface area contributed by atoms with Gasteiger partial charge in [0.25, 0.3) is 5.91 Å². The van der Waals surface area contributed by atoms with Crippen molar-refractivity contribution in [1.82, 2.24) is 10.7 Å². The molecule has 0 aromatic carbocycles. The van der Waals surface area contributed by atoms with Crippen LogP contribution >= 0.6 is 0 Å². The second-order valence-electron chi connectivity index (χ2n) is 7.89. The molecular weight excluding hydrogens is 326 g/mol. The lowest BCUT2D eigenvalue weighted by Gasteiger charge is -2.23. The molecule has 0 radical (unpaired) electrons. The van der Waals surface area contributed by atoms with Crippen molar-refractivity contribution in [2.24, 2.45) is 5.84 Å². The van der Waals surface area contributed by atoms with E-state index in [0.717, 1.165) is 6.42 Å². The Kier molecular flexibility index (Phi) is 9.48. The SMILES string of the molecule is CC(C)(C)OC(=O)CCCCC[C@H](NC(=O)OC(C)(C)C)C(=O)NN. The molecule has 0 unspecified atom stereocenters. The van der Waals surface area contributed by atoms with Crippen molar-refractivity contribution >= 4 is 18.0 Å². The number of ether oxygens (including phenoxy) is 2. The first-order valence-corrected chi connectivity index (χ1v) is 8.56. The first kappa shape index (κ1) is 23.2. The summed E-state index contributed by atoms with van der Waals surface area (Å²) >= 11 is 0. The summed E-state index contributed by atoms with van der Waals surface area (Å²) in [4.78, 5) is 35.2. The van der Waals surface area contributed by atoms with E-state index in [1.165, 1.54) is 0 Å². The number of rotatable bonds is 8. The minimum atomic E-state index is -0.777. The van der Waals surface area contributed by atoms with Crippen LogP contribution in [0.15, 0.2) is 0 Å². The van der Waals surface area contributed by atoms with Crippen LogP contribution in [0.2, 0.25) is 0 Å². The molecule has 2 amide bonds. The normalized spacial score (nSPS) is 12.9. The number of hydrogen-bond acceptors (Lipinski definition) is 6. The van der Waals surface area contributed by atoms with Gasteiger partial charge in [-0.05, 0) is 54.4 Å². The van der Waals surface area contributed by atoms with Crippen molar-refractivity contribution in [2.45, 2.75) is 90.9 Å². The molecule has 0 aromatic heterocycles. The Hall–Kier alpha value is -1.83. The summed E-state index contributed by atoms with van der Waals surface area (Å²) in [6.45, 7) is 10.7. The standard InChI is InChI=1S/C17H33N3O5/c1-16(2,3)24-13(21)11-9-7-8-10-12(14(22)20-18)19-15(23)25-17(4,5)6/h12H,7-11,18H2,1-6H3,(H,19,23)(H,20,22)/t12-/m0/s1. The van der Waals surface area contributed by atoms with Crippen LogP contribution in [0.25, 0.3) is 0 Å². The second-order valence-corrected chi connectivity index (χ2v) is 7.89. The van der Waals surface area contributed by atoms with E-state index in [9.17, 15) is 14.4 Å². The highest BCUT2D eigenvalue weighted by atomic mass is 16.6. The molecule has 0 aliphatic carbocycles. The van der Waals surface area contributed by atoms with Crippen molar-refractivity contribution in [2.75, 3.05) is 0 Å². The third-order valence-electron chi connectivity index (χ3n) is 2.94. The maximum Gasteiger partial charge on any atom is 0.408 e. The zero-order valence-corrected chi connectivity index (χ0v) is 16.2. The molecule has 8 heteroatoms. The van der Waals surface area contributed by atoms with Crippen LogP contribution in [0.3, 0.4) is 0 Å². The van der Waals surface area contributed by atoms with Crippen molar-refractivity contribution < 1.29 is 23.9 Å². The predicted molar refractivity (Wildman–Crippen MR) is 94.4 cm³/mol. The van der Waals surface area contributed by atoms with E-state index < -0.39 is 29.2 Å². The topological polar surface area (TPSA) is 120 Å². The molecule has 0 rings (SSSR count). The quantitative estimate of drug-likeness (QED) is 0.201. The highest BCUT2D eigenvalue weighted by Gasteiger charge is 2.23. The number of nitrogens with one attached hydrogen (secondary N) is 2. The lowest BCUT2D eigenvalue weighted by Crippen LogP contribution is -2.50. The van der Waals surface area contributed by atoms with Crippen LogP contribution in [0.5, 0.6) is 0 Å². The third-order valence-corrected chi connectivity index (χ3v) is 2.94. The second kappa shape index (κ2) is 10.2. The summed E-state index contributed by atoms with van der Waals surface area (Å²) < 4.78 is 10.4. The first-order chi connectivity index (χ1) is 11.3. The van der Waals surface area contributed by atoms with Gasteiger partial charge < -0.3 is 14.8 Å². The number of hydrogen-bond donors (Lipinski definition) is 3. The average molecular weight is 359 g/mol. The van der Waals surface area contributed by atoms with Crippen molar-refractivity contribution in [3.05, 3.63) is 0 Å². The van der Waals surface area contributed by atoms with E-state index in [1.807, 2.05) is 26.2 Å². The molecule has 4 N–H and O–H groups in total. The van der Waals surface area contributed by atoms with E-state index in [0.29, 0.717) is 25.7 Å². The van der Waals surface area contributed by atoms with Crippen molar-refractivity contribution in [1.29, 1.82) is 0 Å². The van der Waals surface area contributed by atoms with Gasteiger partial charge in [0.15, 0.2) is 0 Å². The van der Waals surface area contributed by atoms with Gasteiger partial charge in [-0.2, -0.15) is 0 Å². The number of carbonyl (C=O) groups is 3. The summed E-state index contributed by atoms with van der Waals surface area (Å²) in [6, 6.07) is -0.777. The van der Waals surface area contributed by atoms with E-state index in [-0.39, 0.29) is 5.97 Å². The van der Waals surface area contributed by atoms with E-state index >= 15 is 0 Å². The number of carbonyl (C=O) groups excluding carboxylic acids is 3. The summed E-state index contributed by atoms with van der Waals surface area (Å²) in [6.07, 6.45) is 2.08. The Morgan fingerprint density at radius 1 is 0.920 bits per heavy atom. The number of unbranched alkanes of at least 4 members (excludes halogenated alkanes) is 2. The van der Waals surface area contributed by atoms with E-state index in [2.05, 4.69) is 5.32 Å². The number of nitrogens with two attached hydrogens (primary N) is 1. The van der Waals surface area contributed by atoms with Gasteiger partial charge in [0.2, 0.25) is 0 Å².